The highest BCUT2D eigenvalue weighted by atomic mass is 16.1. The van der Waals surface area contributed by atoms with Gasteiger partial charge in [0.05, 0.1) is 23.0 Å². The van der Waals surface area contributed by atoms with E-state index in [4.69, 9.17) is 11.5 Å². The molecular formula is C20H25N7O. The molecule has 0 aliphatic heterocycles. The van der Waals surface area contributed by atoms with Gasteiger partial charge in [-0.2, -0.15) is 5.10 Å². The smallest absolute Gasteiger partial charge is 0.252 e. The maximum absolute atomic E-state index is 12.1. The zero-order valence-electron chi connectivity index (χ0n) is 16.3. The third-order valence-electron chi connectivity index (χ3n) is 6.41. The van der Waals surface area contributed by atoms with Gasteiger partial charge in [-0.15, -0.1) is 0 Å². The zero-order valence-corrected chi connectivity index (χ0v) is 16.3. The fourth-order valence-electron chi connectivity index (χ4n) is 3.95. The van der Waals surface area contributed by atoms with E-state index >= 15 is 0 Å². The molecule has 0 aromatic carbocycles. The molecule has 3 aromatic rings. The Balaban J connectivity index is 1.83. The highest BCUT2D eigenvalue weighted by molar-refractivity contribution is 6.02. The summed E-state index contributed by atoms with van der Waals surface area (Å²) in [6, 6.07) is 2.06. The topological polar surface area (TPSA) is 124 Å². The molecule has 0 spiro atoms. The largest absolute Gasteiger partial charge is 0.379 e. The first-order chi connectivity index (χ1) is 13.2. The molecule has 0 radical (unpaired) electrons. The lowest BCUT2D eigenvalue weighted by Gasteiger charge is -2.39. The van der Waals surface area contributed by atoms with Crippen molar-refractivity contribution in [1.29, 1.82) is 0 Å². The maximum atomic E-state index is 12.1. The van der Waals surface area contributed by atoms with Crippen LogP contribution in [0, 0.1) is 5.41 Å². The van der Waals surface area contributed by atoms with Gasteiger partial charge in [0, 0.05) is 46.7 Å². The van der Waals surface area contributed by atoms with E-state index in [0.717, 1.165) is 29.5 Å². The van der Waals surface area contributed by atoms with Crippen LogP contribution in [0.15, 0.2) is 37.2 Å². The van der Waals surface area contributed by atoms with Gasteiger partial charge in [-0.25, -0.2) is 14.5 Å². The van der Waals surface area contributed by atoms with Crippen LogP contribution in [0.4, 0.5) is 5.69 Å². The SMILES string of the molecule is CC1(C)[C@H](Nc2c(C(N)=O)cnn3cc(-c4cncnc4)cc23)CC[C@]1(C)N. The average Bonchev–Trinajstić information content (AvgIpc) is 3.17. The van der Waals surface area contributed by atoms with Crippen LogP contribution in [-0.2, 0) is 0 Å². The standard InChI is InChI=1S/C20H25N7O/c1-19(2)16(4-5-20(19,3)22)26-17-14(18(21)28)9-25-27-10-12(6-15(17)27)13-7-23-11-24-8-13/h6-11,16,26H,4-5,22H2,1-3H3,(H2,21,28)/t16-,20+/m1/s1. The number of nitrogens with zero attached hydrogens (tertiary/aromatic N) is 4. The fourth-order valence-corrected chi connectivity index (χ4v) is 3.95. The van der Waals surface area contributed by atoms with Crippen molar-refractivity contribution in [3.63, 3.8) is 0 Å². The van der Waals surface area contributed by atoms with Crippen LogP contribution in [-0.4, -0.2) is 37.1 Å². The molecular weight excluding hydrogens is 354 g/mol. The highest BCUT2D eigenvalue weighted by Crippen LogP contribution is 2.46. The summed E-state index contributed by atoms with van der Waals surface area (Å²) < 4.78 is 1.74. The van der Waals surface area contributed by atoms with Crippen LogP contribution in [0.25, 0.3) is 16.6 Å². The second-order valence-electron chi connectivity index (χ2n) is 8.36. The van der Waals surface area contributed by atoms with Crippen LogP contribution in [0.3, 0.4) is 0 Å². The van der Waals surface area contributed by atoms with Gasteiger partial charge in [0.2, 0.25) is 0 Å². The first kappa shape index (κ1) is 18.4. The van der Waals surface area contributed by atoms with E-state index in [9.17, 15) is 4.79 Å². The molecule has 3 heterocycles. The van der Waals surface area contributed by atoms with Crippen LogP contribution in [0.1, 0.15) is 44.0 Å². The van der Waals surface area contributed by atoms with Crippen LogP contribution in [0.5, 0.6) is 0 Å². The summed E-state index contributed by atoms with van der Waals surface area (Å²) in [5, 5.41) is 7.93. The van der Waals surface area contributed by atoms with Crippen LogP contribution in [0.2, 0.25) is 0 Å². The van der Waals surface area contributed by atoms with Crippen molar-refractivity contribution in [2.75, 3.05) is 5.32 Å². The minimum Gasteiger partial charge on any atom is -0.379 e. The molecule has 4 rings (SSSR count). The summed E-state index contributed by atoms with van der Waals surface area (Å²) in [6.07, 6.45) is 10.2. The number of primary amides is 1. The van der Waals surface area contributed by atoms with Crippen molar-refractivity contribution in [2.45, 2.75) is 45.2 Å². The second kappa shape index (κ2) is 6.27. The van der Waals surface area contributed by atoms with Gasteiger partial charge in [-0.1, -0.05) is 13.8 Å². The Labute approximate surface area is 163 Å². The quantitative estimate of drug-likeness (QED) is 0.638. The van der Waals surface area contributed by atoms with Crippen molar-refractivity contribution >= 4 is 17.1 Å². The predicted octanol–water partition coefficient (Wildman–Crippen LogP) is 2.21. The van der Waals surface area contributed by atoms with Crippen LogP contribution >= 0.6 is 0 Å². The number of amides is 1. The monoisotopic (exact) mass is 379 g/mol. The molecule has 5 N–H and O–H groups in total. The normalized spacial score (nSPS) is 23.8. The fraction of sp³-hybridized carbons (Fsp3) is 0.400. The molecule has 0 saturated heterocycles. The summed E-state index contributed by atoms with van der Waals surface area (Å²) in [5.41, 5.74) is 15.3. The van der Waals surface area contributed by atoms with E-state index in [1.165, 1.54) is 12.5 Å². The van der Waals surface area contributed by atoms with E-state index < -0.39 is 5.91 Å². The number of nitrogens with one attached hydrogen (secondary N) is 1. The highest BCUT2D eigenvalue weighted by Gasteiger charge is 2.49. The molecule has 3 aromatic heterocycles. The number of carbonyl (C=O) groups is 1. The number of hydrogen-bond acceptors (Lipinski definition) is 6. The number of hydrogen-bond donors (Lipinski definition) is 3. The molecule has 1 aliphatic carbocycles. The lowest BCUT2D eigenvalue weighted by atomic mass is 9.75. The molecule has 8 nitrogen and oxygen atoms in total. The molecule has 1 saturated carbocycles. The molecule has 0 unspecified atom stereocenters. The van der Waals surface area contributed by atoms with E-state index in [-0.39, 0.29) is 17.0 Å². The summed E-state index contributed by atoms with van der Waals surface area (Å²) in [7, 11) is 0. The Hall–Kier alpha value is -3.00. The minimum absolute atomic E-state index is 0.102. The number of rotatable bonds is 4. The maximum Gasteiger partial charge on any atom is 0.252 e. The number of carbonyl (C=O) groups excluding carboxylic acids is 1. The molecule has 146 valence electrons. The molecule has 28 heavy (non-hydrogen) atoms. The number of aromatic nitrogens is 4. The van der Waals surface area contributed by atoms with Gasteiger partial charge in [0.1, 0.15) is 6.33 Å². The van der Waals surface area contributed by atoms with Crippen molar-refractivity contribution in [3.05, 3.63) is 42.7 Å². The van der Waals surface area contributed by atoms with E-state index in [0.29, 0.717) is 11.3 Å². The van der Waals surface area contributed by atoms with Crippen molar-refractivity contribution < 1.29 is 4.79 Å². The van der Waals surface area contributed by atoms with Gasteiger partial charge in [-0.3, -0.25) is 4.79 Å². The lowest BCUT2D eigenvalue weighted by molar-refractivity contribution is 0.100. The lowest BCUT2D eigenvalue weighted by Crippen LogP contribution is -2.51. The van der Waals surface area contributed by atoms with E-state index in [1.807, 2.05) is 12.3 Å². The Morgan fingerprint density at radius 3 is 2.54 bits per heavy atom. The summed E-state index contributed by atoms with van der Waals surface area (Å²) in [5.74, 6) is -0.519. The first-order valence-electron chi connectivity index (χ1n) is 9.33. The first-order valence-corrected chi connectivity index (χ1v) is 9.33. The van der Waals surface area contributed by atoms with Gasteiger partial charge in [0.15, 0.2) is 0 Å². The van der Waals surface area contributed by atoms with Gasteiger partial charge < -0.3 is 16.8 Å². The third kappa shape index (κ3) is 2.80. The van der Waals surface area contributed by atoms with Gasteiger partial charge >= 0.3 is 0 Å². The van der Waals surface area contributed by atoms with E-state index in [2.05, 4.69) is 41.2 Å². The van der Waals surface area contributed by atoms with Gasteiger partial charge in [0.25, 0.3) is 5.91 Å². The van der Waals surface area contributed by atoms with Crippen molar-refractivity contribution in [3.8, 4) is 11.1 Å². The number of fused-ring (bicyclic) bond motifs is 1. The van der Waals surface area contributed by atoms with Crippen molar-refractivity contribution in [2.24, 2.45) is 16.9 Å². The van der Waals surface area contributed by atoms with Crippen molar-refractivity contribution in [1.82, 2.24) is 19.6 Å². The Bertz CT molecular complexity index is 1040. The minimum atomic E-state index is -0.519. The summed E-state index contributed by atoms with van der Waals surface area (Å²) >= 11 is 0. The molecule has 1 amide bonds. The van der Waals surface area contributed by atoms with Gasteiger partial charge in [-0.05, 0) is 25.8 Å². The molecule has 1 fully saturated rings. The van der Waals surface area contributed by atoms with Crippen LogP contribution < -0.4 is 16.8 Å². The molecule has 8 heteroatoms. The average molecular weight is 379 g/mol. The zero-order chi connectivity index (χ0) is 20.1. The second-order valence-corrected chi connectivity index (χ2v) is 8.36. The number of nitrogens with two attached hydrogens (primary N) is 2. The molecule has 0 bridgehead atoms. The summed E-state index contributed by atoms with van der Waals surface area (Å²) in [4.78, 5) is 20.2. The molecule has 1 aliphatic rings. The Morgan fingerprint density at radius 1 is 1.21 bits per heavy atom. The number of anilines is 1. The Kier molecular flexibility index (Phi) is 4.11. The Morgan fingerprint density at radius 2 is 1.93 bits per heavy atom. The summed E-state index contributed by atoms with van der Waals surface area (Å²) in [6.45, 7) is 6.40. The third-order valence-corrected chi connectivity index (χ3v) is 6.41. The predicted molar refractivity (Wildman–Crippen MR) is 108 cm³/mol. The van der Waals surface area contributed by atoms with E-state index in [1.54, 1.807) is 16.9 Å². The molecule has 2 atom stereocenters.